The third-order valence-electron chi connectivity index (χ3n) is 2.65. The number of furan rings is 1. The molecule has 0 saturated carbocycles. The molecule has 2 heterocycles. The Morgan fingerprint density at radius 1 is 1.56 bits per heavy atom. The molecule has 1 unspecified atom stereocenters. The summed E-state index contributed by atoms with van der Waals surface area (Å²) in [5.41, 5.74) is 5.54. The molecule has 1 saturated heterocycles. The Hall–Kier alpha value is -0.560. The average molecular weight is 267 g/mol. The van der Waals surface area contributed by atoms with Gasteiger partial charge in [0, 0.05) is 19.1 Å². The van der Waals surface area contributed by atoms with Crippen molar-refractivity contribution in [3.63, 3.8) is 0 Å². The highest BCUT2D eigenvalue weighted by Gasteiger charge is 2.35. The molecule has 16 heavy (non-hydrogen) atoms. The summed E-state index contributed by atoms with van der Waals surface area (Å²) in [4.78, 5) is 0. The van der Waals surface area contributed by atoms with Crippen molar-refractivity contribution in [3.05, 3.63) is 18.4 Å². The third kappa shape index (κ3) is 2.24. The maximum absolute atomic E-state index is 12.0. The Kier molecular flexibility index (Phi) is 4.37. The normalized spacial score (nSPS) is 21.9. The molecular formula is C9H15ClN2O3S. The molecule has 2 N–H and O–H groups in total. The van der Waals surface area contributed by atoms with E-state index in [-0.39, 0.29) is 23.5 Å². The Balaban J connectivity index is 0.00000128. The summed E-state index contributed by atoms with van der Waals surface area (Å²) in [6.07, 6.45) is 3.05. The van der Waals surface area contributed by atoms with Gasteiger partial charge in [-0.05, 0) is 25.0 Å². The van der Waals surface area contributed by atoms with Crippen LogP contribution in [0.5, 0.6) is 0 Å². The monoisotopic (exact) mass is 266 g/mol. The minimum Gasteiger partial charge on any atom is -0.452 e. The molecule has 0 radical (unpaired) electrons. The van der Waals surface area contributed by atoms with E-state index >= 15 is 0 Å². The molecular weight excluding hydrogens is 252 g/mol. The maximum atomic E-state index is 12.0. The summed E-state index contributed by atoms with van der Waals surface area (Å²) in [5, 5.41) is 0.00264. The summed E-state index contributed by atoms with van der Waals surface area (Å²) < 4.78 is 30.5. The molecule has 0 spiro atoms. The summed E-state index contributed by atoms with van der Waals surface area (Å²) in [6, 6.07) is 2.95. The molecule has 0 amide bonds. The molecule has 1 fully saturated rings. The maximum Gasteiger partial charge on any atom is 0.276 e. The fourth-order valence-electron chi connectivity index (χ4n) is 1.89. The number of rotatable bonds is 3. The number of nitrogens with zero attached hydrogens (tertiary/aromatic N) is 1. The summed E-state index contributed by atoms with van der Waals surface area (Å²) in [6.45, 7) is 0.894. The molecule has 0 aliphatic carbocycles. The standard InChI is InChI=1S/C9H14N2O3S.ClH/c10-7-8-3-1-5-11(8)15(12,13)9-4-2-6-14-9;/h2,4,6,8H,1,3,5,7,10H2;1H. The molecule has 2 rings (SSSR count). The van der Waals surface area contributed by atoms with Crippen molar-refractivity contribution in [3.8, 4) is 0 Å². The zero-order valence-electron chi connectivity index (χ0n) is 8.70. The van der Waals surface area contributed by atoms with Crippen molar-refractivity contribution >= 4 is 22.4 Å². The molecule has 5 nitrogen and oxygen atoms in total. The predicted molar refractivity (Wildman–Crippen MR) is 61.9 cm³/mol. The van der Waals surface area contributed by atoms with Gasteiger partial charge in [0.1, 0.15) is 0 Å². The van der Waals surface area contributed by atoms with Crippen molar-refractivity contribution in [1.82, 2.24) is 4.31 Å². The van der Waals surface area contributed by atoms with Crippen molar-refractivity contribution in [1.29, 1.82) is 0 Å². The largest absolute Gasteiger partial charge is 0.452 e. The lowest BCUT2D eigenvalue weighted by Gasteiger charge is -2.21. The van der Waals surface area contributed by atoms with E-state index in [1.165, 1.54) is 16.6 Å². The van der Waals surface area contributed by atoms with Crippen molar-refractivity contribution in [2.24, 2.45) is 5.73 Å². The average Bonchev–Trinajstić information content (AvgIpc) is 2.89. The third-order valence-corrected chi connectivity index (χ3v) is 4.49. The lowest BCUT2D eigenvalue weighted by atomic mass is 10.2. The van der Waals surface area contributed by atoms with Crippen molar-refractivity contribution in [2.45, 2.75) is 24.0 Å². The summed E-state index contributed by atoms with van der Waals surface area (Å²) in [7, 11) is -3.47. The van der Waals surface area contributed by atoms with Crippen LogP contribution in [0.1, 0.15) is 12.8 Å². The zero-order chi connectivity index (χ0) is 10.9. The van der Waals surface area contributed by atoms with Gasteiger partial charge in [-0.15, -0.1) is 12.4 Å². The van der Waals surface area contributed by atoms with Gasteiger partial charge in [0.15, 0.2) is 0 Å². The fraction of sp³-hybridized carbons (Fsp3) is 0.556. The number of halogens is 1. The van der Waals surface area contributed by atoms with E-state index in [0.717, 1.165) is 12.8 Å². The number of nitrogens with two attached hydrogens (primary N) is 1. The van der Waals surface area contributed by atoms with Crippen LogP contribution in [0, 0.1) is 0 Å². The highest BCUT2D eigenvalue weighted by molar-refractivity contribution is 7.89. The molecule has 7 heteroatoms. The Morgan fingerprint density at radius 2 is 2.31 bits per heavy atom. The van der Waals surface area contributed by atoms with Crippen LogP contribution in [0.15, 0.2) is 27.9 Å². The van der Waals surface area contributed by atoms with Crippen LogP contribution < -0.4 is 5.73 Å². The smallest absolute Gasteiger partial charge is 0.276 e. The van der Waals surface area contributed by atoms with Gasteiger partial charge in [-0.25, -0.2) is 8.42 Å². The number of sulfonamides is 1. The van der Waals surface area contributed by atoms with E-state index in [9.17, 15) is 8.42 Å². The second kappa shape index (κ2) is 5.18. The highest BCUT2D eigenvalue weighted by atomic mass is 35.5. The summed E-state index contributed by atoms with van der Waals surface area (Å²) >= 11 is 0. The molecule has 1 atom stereocenters. The second-order valence-electron chi connectivity index (χ2n) is 3.58. The van der Waals surface area contributed by atoms with Crippen LogP contribution >= 0.6 is 12.4 Å². The Labute approximate surface area is 101 Å². The van der Waals surface area contributed by atoms with Crippen molar-refractivity contribution < 1.29 is 12.8 Å². The number of hydrogen-bond acceptors (Lipinski definition) is 4. The Bertz CT molecular complexity index is 418. The van der Waals surface area contributed by atoms with E-state index in [1.807, 2.05) is 0 Å². The first kappa shape index (κ1) is 13.5. The van der Waals surface area contributed by atoms with Crippen LogP contribution in [0.4, 0.5) is 0 Å². The molecule has 1 aliphatic rings. The lowest BCUT2D eigenvalue weighted by molar-refractivity contribution is 0.366. The van der Waals surface area contributed by atoms with Crippen LogP contribution in [-0.4, -0.2) is 31.9 Å². The first-order chi connectivity index (χ1) is 7.16. The first-order valence-electron chi connectivity index (χ1n) is 4.91. The highest BCUT2D eigenvalue weighted by Crippen LogP contribution is 2.25. The molecule has 1 aromatic rings. The molecule has 0 aromatic carbocycles. The predicted octanol–water partition coefficient (Wildman–Crippen LogP) is 0.813. The van der Waals surface area contributed by atoms with E-state index < -0.39 is 10.0 Å². The van der Waals surface area contributed by atoms with E-state index in [2.05, 4.69) is 0 Å². The first-order valence-corrected chi connectivity index (χ1v) is 6.35. The molecule has 1 aromatic heterocycles. The SMILES string of the molecule is Cl.NCC1CCCN1S(=O)(=O)c1ccco1. The van der Waals surface area contributed by atoms with E-state index in [1.54, 1.807) is 6.07 Å². The Morgan fingerprint density at radius 3 is 2.88 bits per heavy atom. The molecule has 92 valence electrons. The van der Waals surface area contributed by atoms with Gasteiger partial charge in [-0.3, -0.25) is 0 Å². The molecule has 0 bridgehead atoms. The zero-order valence-corrected chi connectivity index (χ0v) is 10.3. The van der Waals surface area contributed by atoms with E-state index in [4.69, 9.17) is 10.2 Å². The van der Waals surface area contributed by atoms with Gasteiger partial charge >= 0.3 is 0 Å². The fourth-order valence-corrected chi connectivity index (χ4v) is 3.50. The number of hydrogen-bond donors (Lipinski definition) is 1. The van der Waals surface area contributed by atoms with Gasteiger partial charge in [0.05, 0.1) is 6.26 Å². The second-order valence-corrected chi connectivity index (χ2v) is 5.40. The van der Waals surface area contributed by atoms with Crippen molar-refractivity contribution in [2.75, 3.05) is 13.1 Å². The lowest BCUT2D eigenvalue weighted by Crippen LogP contribution is -2.39. The van der Waals surface area contributed by atoms with Gasteiger partial charge in [0.2, 0.25) is 5.09 Å². The quantitative estimate of drug-likeness (QED) is 0.879. The topological polar surface area (TPSA) is 76.5 Å². The van der Waals surface area contributed by atoms with Gasteiger partial charge in [0.25, 0.3) is 10.0 Å². The summed E-state index contributed by atoms with van der Waals surface area (Å²) in [5.74, 6) is 0. The van der Waals surface area contributed by atoms with Gasteiger partial charge < -0.3 is 10.2 Å². The van der Waals surface area contributed by atoms with E-state index in [0.29, 0.717) is 13.1 Å². The minimum absolute atomic E-state index is 0. The molecule has 1 aliphatic heterocycles. The van der Waals surface area contributed by atoms with Crippen LogP contribution in [-0.2, 0) is 10.0 Å². The van der Waals surface area contributed by atoms with Crippen LogP contribution in [0.25, 0.3) is 0 Å². The minimum atomic E-state index is -3.47. The van der Waals surface area contributed by atoms with Gasteiger partial charge in [-0.1, -0.05) is 0 Å². The van der Waals surface area contributed by atoms with Crippen LogP contribution in [0.3, 0.4) is 0 Å². The van der Waals surface area contributed by atoms with Crippen LogP contribution in [0.2, 0.25) is 0 Å². The van der Waals surface area contributed by atoms with Gasteiger partial charge in [-0.2, -0.15) is 4.31 Å².